The zero-order valence-electron chi connectivity index (χ0n) is 13.0. The Labute approximate surface area is 141 Å². The second-order valence-electron chi connectivity index (χ2n) is 6.86. The Kier molecular flexibility index (Phi) is 4.05. The third-order valence-electron chi connectivity index (χ3n) is 4.78. The normalized spacial score (nSPS) is 23.1. The van der Waals surface area contributed by atoms with Crippen LogP contribution in [0.4, 0.5) is 0 Å². The molecule has 4 rings (SSSR count). The first-order chi connectivity index (χ1) is 11.2. The molecule has 2 aromatic rings. The van der Waals surface area contributed by atoms with E-state index in [2.05, 4.69) is 27.0 Å². The van der Waals surface area contributed by atoms with Gasteiger partial charge in [-0.2, -0.15) is 0 Å². The maximum absolute atomic E-state index is 6.06. The van der Waals surface area contributed by atoms with Crippen molar-refractivity contribution in [3.05, 3.63) is 59.1 Å². The molecular weight excluding hydrogens is 310 g/mol. The van der Waals surface area contributed by atoms with Crippen molar-refractivity contribution < 1.29 is 4.74 Å². The first-order valence-corrected chi connectivity index (χ1v) is 8.41. The lowest BCUT2D eigenvalue weighted by Crippen LogP contribution is -2.56. The van der Waals surface area contributed by atoms with E-state index in [1.54, 1.807) is 6.33 Å². The summed E-state index contributed by atoms with van der Waals surface area (Å²) in [6.07, 6.45) is 7.68. The Bertz CT molecular complexity index is 673. The molecule has 0 amide bonds. The second kappa shape index (κ2) is 6.19. The van der Waals surface area contributed by atoms with Gasteiger partial charge in [0.2, 0.25) is 0 Å². The van der Waals surface area contributed by atoms with E-state index in [-0.39, 0.29) is 0 Å². The predicted octanol–water partition coefficient (Wildman–Crippen LogP) is 2.96. The van der Waals surface area contributed by atoms with Crippen molar-refractivity contribution >= 4 is 11.6 Å². The van der Waals surface area contributed by atoms with Crippen molar-refractivity contribution in [2.24, 2.45) is 5.41 Å². The highest BCUT2D eigenvalue weighted by molar-refractivity contribution is 6.30. The fourth-order valence-corrected chi connectivity index (χ4v) is 4.07. The predicted molar refractivity (Wildman–Crippen MR) is 89.3 cm³/mol. The molecule has 5 heteroatoms. The van der Waals surface area contributed by atoms with Crippen molar-refractivity contribution in [3.63, 3.8) is 0 Å². The quantitative estimate of drug-likeness (QED) is 0.864. The van der Waals surface area contributed by atoms with Gasteiger partial charge in [0.15, 0.2) is 0 Å². The van der Waals surface area contributed by atoms with Crippen molar-refractivity contribution in [3.8, 4) is 0 Å². The van der Waals surface area contributed by atoms with Gasteiger partial charge >= 0.3 is 0 Å². The summed E-state index contributed by atoms with van der Waals surface area (Å²) in [7, 11) is 0. The van der Waals surface area contributed by atoms with E-state index in [9.17, 15) is 0 Å². The third kappa shape index (κ3) is 3.39. The number of nitrogens with zero attached hydrogens (tertiary/aromatic N) is 3. The van der Waals surface area contributed by atoms with Crippen molar-refractivity contribution in [1.29, 1.82) is 0 Å². The fourth-order valence-electron chi connectivity index (χ4n) is 3.85. The van der Waals surface area contributed by atoms with Gasteiger partial charge in [-0.3, -0.25) is 4.90 Å². The molecule has 2 aliphatic heterocycles. The minimum absolute atomic E-state index is 0.300. The number of ether oxygens (including phenoxy) is 1. The molecule has 0 bridgehead atoms. The van der Waals surface area contributed by atoms with E-state index in [0.29, 0.717) is 11.5 Å². The molecule has 1 aromatic heterocycles. The Morgan fingerprint density at radius 2 is 2.04 bits per heavy atom. The number of likely N-dealkylation sites (tertiary alicyclic amines) is 1. The summed E-state index contributed by atoms with van der Waals surface area (Å²) >= 11 is 6.06. The van der Waals surface area contributed by atoms with Gasteiger partial charge in [-0.15, -0.1) is 0 Å². The number of hydrogen-bond donors (Lipinski definition) is 0. The van der Waals surface area contributed by atoms with Crippen LogP contribution in [0.25, 0.3) is 0 Å². The van der Waals surface area contributed by atoms with E-state index in [1.165, 1.54) is 5.56 Å². The molecule has 4 nitrogen and oxygen atoms in total. The lowest BCUT2D eigenvalue weighted by molar-refractivity contribution is -0.0140. The lowest BCUT2D eigenvalue weighted by Gasteiger charge is -2.47. The Morgan fingerprint density at radius 1 is 1.22 bits per heavy atom. The molecular formula is C18H20ClN3O. The summed E-state index contributed by atoms with van der Waals surface area (Å²) < 4.78 is 6.03. The molecule has 3 heterocycles. The third-order valence-corrected chi connectivity index (χ3v) is 5.01. The summed E-state index contributed by atoms with van der Waals surface area (Å²) in [6, 6.07) is 8.13. The lowest BCUT2D eigenvalue weighted by atomic mass is 9.77. The van der Waals surface area contributed by atoms with Crippen LogP contribution in [-0.2, 0) is 17.7 Å². The standard InChI is InChI=1S/C18H20ClN3O/c19-16-3-1-2-14(4-16)9-22-10-18(11-22)6-17(23-12-18)5-15-7-20-13-21-8-15/h1-4,7-8,13,17H,5-6,9-12H2. The number of halogens is 1. The van der Waals surface area contributed by atoms with Crippen molar-refractivity contribution in [2.75, 3.05) is 19.7 Å². The van der Waals surface area contributed by atoms with Crippen molar-refractivity contribution in [1.82, 2.24) is 14.9 Å². The second-order valence-corrected chi connectivity index (χ2v) is 7.30. The zero-order chi connectivity index (χ0) is 15.7. The van der Waals surface area contributed by atoms with Gasteiger partial charge in [0.05, 0.1) is 12.7 Å². The topological polar surface area (TPSA) is 38.2 Å². The van der Waals surface area contributed by atoms with Gasteiger partial charge in [-0.05, 0) is 29.7 Å². The van der Waals surface area contributed by atoms with Crippen LogP contribution >= 0.6 is 11.6 Å². The smallest absolute Gasteiger partial charge is 0.115 e. The van der Waals surface area contributed by atoms with Gasteiger partial charge in [0.1, 0.15) is 6.33 Å². The first kappa shape index (κ1) is 15.1. The molecule has 1 atom stereocenters. The van der Waals surface area contributed by atoms with Gasteiger partial charge in [0.25, 0.3) is 0 Å². The Hall–Kier alpha value is -1.49. The van der Waals surface area contributed by atoms with Crippen LogP contribution in [0.1, 0.15) is 17.5 Å². The van der Waals surface area contributed by atoms with Crippen LogP contribution in [0.5, 0.6) is 0 Å². The van der Waals surface area contributed by atoms with Crippen LogP contribution in [0, 0.1) is 5.41 Å². The van der Waals surface area contributed by atoms with Gasteiger partial charge in [0, 0.05) is 48.9 Å². The molecule has 2 saturated heterocycles. The summed E-state index contributed by atoms with van der Waals surface area (Å²) in [5, 5.41) is 0.812. The van der Waals surface area contributed by atoms with E-state index in [4.69, 9.17) is 16.3 Å². The fraction of sp³-hybridized carbons (Fsp3) is 0.444. The monoisotopic (exact) mass is 329 g/mol. The maximum Gasteiger partial charge on any atom is 0.115 e. The highest BCUT2D eigenvalue weighted by atomic mass is 35.5. The van der Waals surface area contributed by atoms with Crippen LogP contribution in [0.2, 0.25) is 5.02 Å². The number of aromatic nitrogens is 2. The summed E-state index contributed by atoms with van der Waals surface area (Å²) in [6.45, 7) is 4.07. The van der Waals surface area contributed by atoms with E-state index < -0.39 is 0 Å². The van der Waals surface area contributed by atoms with E-state index >= 15 is 0 Å². The minimum Gasteiger partial charge on any atom is -0.377 e. The van der Waals surface area contributed by atoms with Crippen LogP contribution in [-0.4, -0.2) is 40.7 Å². The minimum atomic E-state index is 0.300. The van der Waals surface area contributed by atoms with Crippen LogP contribution in [0.3, 0.4) is 0 Å². The molecule has 2 aliphatic rings. The maximum atomic E-state index is 6.06. The van der Waals surface area contributed by atoms with Crippen LogP contribution < -0.4 is 0 Å². The Balaban J connectivity index is 1.29. The Morgan fingerprint density at radius 3 is 2.83 bits per heavy atom. The van der Waals surface area contributed by atoms with E-state index in [1.807, 2.05) is 24.5 Å². The molecule has 0 N–H and O–H groups in total. The number of hydrogen-bond acceptors (Lipinski definition) is 4. The number of benzene rings is 1. The van der Waals surface area contributed by atoms with Crippen molar-refractivity contribution in [2.45, 2.75) is 25.5 Å². The summed E-state index contributed by atoms with van der Waals surface area (Å²) in [4.78, 5) is 10.6. The molecule has 2 fully saturated rings. The first-order valence-electron chi connectivity index (χ1n) is 8.03. The van der Waals surface area contributed by atoms with E-state index in [0.717, 1.165) is 49.7 Å². The average Bonchev–Trinajstić information content (AvgIpc) is 2.92. The SMILES string of the molecule is Clc1cccc(CN2CC3(COC(Cc4cncnc4)C3)C2)c1. The zero-order valence-corrected chi connectivity index (χ0v) is 13.7. The molecule has 1 unspecified atom stereocenters. The van der Waals surface area contributed by atoms with Gasteiger partial charge < -0.3 is 4.74 Å². The van der Waals surface area contributed by atoms with Gasteiger partial charge in [-0.25, -0.2) is 9.97 Å². The number of rotatable bonds is 4. The van der Waals surface area contributed by atoms with Gasteiger partial charge in [-0.1, -0.05) is 23.7 Å². The average molecular weight is 330 g/mol. The highest BCUT2D eigenvalue weighted by Gasteiger charge is 2.48. The molecule has 0 aliphatic carbocycles. The molecule has 0 radical (unpaired) electrons. The summed E-state index contributed by atoms with van der Waals surface area (Å²) in [5.41, 5.74) is 2.78. The molecule has 23 heavy (non-hydrogen) atoms. The van der Waals surface area contributed by atoms with Crippen LogP contribution in [0.15, 0.2) is 43.0 Å². The molecule has 1 aromatic carbocycles. The highest BCUT2D eigenvalue weighted by Crippen LogP contribution is 2.42. The molecule has 1 spiro atoms. The molecule has 120 valence electrons. The summed E-state index contributed by atoms with van der Waals surface area (Å²) in [5.74, 6) is 0. The largest absolute Gasteiger partial charge is 0.377 e. The molecule has 0 saturated carbocycles.